The van der Waals surface area contributed by atoms with Crippen LogP contribution in [0.15, 0.2) is 66.7 Å². The maximum Gasteiger partial charge on any atom is 0.328 e. The molecule has 1 aliphatic heterocycles. The van der Waals surface area contributed by atoms with Gasteiger partial charge in [-0.15, -0.1) is 0 Å². The molecule has 0 radical (unpaired) electrons. The van der Waals surface area contributed by atoms with Crippen LogP contribution >= 0.6 is 11.6 Å². The van der Waals surface area contributed by atoms with Crippen LogP contribution in [-0.2, 0) is 19.1 Å². The zero-order chi connectivity index (χ0) is 26.9. The van der Waals surface area contributed by atoms with E-state index in [-0.39, 0.29) is 12.6 Å². The smallest absolute Gasteiger partial charge is 0.328 e. The average Bonchev–Trinajstić information content (AvgIpc) is 2.90. The topological polar surface area (TPSA) is 120 Å². The number of aliphatic carboxylic acids is 2. The van der Waals surface area contributed by atoms with Crippen molar-refractivity contribution in [1.29, 1.82) is 0 Å². The summed E-state index contributed by atoms with van der Waals surface area (Å²) < 4.78 is 10.8. The molecule has 0 aliphatic carbocycles. The summed E-state index contributed by atoms with van der Waals surface area (Å²) in [6, 6.07) is 19.2. The molecule has 202 valence electrons. The number of ether oxygens (including phenoxy) is 2. The van der Waals surface area contributed by atoms with E-state index in [1.165, 1.54) is 11.1 Å². The molecule has 1 fully saturated rings. The highest BCUT2D eigenvalue weighted by molar-refractivity contribution is 6.30. The second-order valence-electron chi connectivity index (χ2n) is 8.20. The van der Waals surface area contributed by atoms with Crippen LogP contribution in [0.1, 0.15) is 17.2 Å². The Morgan fingerprint density at radius 1 is 0.811 bits per heavy atom. The van der Waals surface area contributed by atoms with Crippen molar-refractivity contribution in [3.8, 4) is 0 Å². The monoisotopic (exact) mass is 534 g/mol. The third-order valence-corrected chi connectivity index (χ3v) is 5.85. The standard InChI is InChI=1S/C23H31ClN2O3.C4H4O4/c24-22-8-6-21(7-9-22)23(20-4-2-1-3-5-20)26-12-10-25(11-13-26)14-16-28-18-19-29-17-15-27;5-3(6)1-2-4(7)8/h1-9,23,27H,10-19H2;1-2H,(H,5,6)(H,7,8). The van der Waals surface area contributed by atoms with E-state index in [4.69, 9.17) is 36.4 Å². The Labute approximate surface area is 222 Å². The molecular formula is C27H35ClN2O7. The molecule has 3 rings (SSSR count). The number of benzene rings is 2. The first-order chi connectivity index (χ1) is 17.9. The second-order valence-corrected chi connectivity index (χ2v) is 8.64. The molecule has 2 aromatic rings. The summed E-state index contributed by atoms with van der Waals surface area (Å²) in [5, 5.41) is 25.1. The minimum absolute atomic E-state index is 0.0598. The summed E-state index contributed by atoms with van der Waals surface area (Å²) in [4.78, 5) is 24.1. The molecular weight excluding hydrogens is 500 g/mol. The fourth-order valence-corrected chi connectivity index (χ4v) is 3.99. The summed E-state index contributed by atoms with van der Waals surface area (Å²) in [5.74, 6) is -2.51. The fraction of sp³-hybridized carbons (Fsp3) is 0.407. The molecule has 10 heteroatoms. The van der Waals surface area contributed by atoms with Crippen molar-refractivity contribution in [2.45, 2.75) is 6.04 Å². The van der Waals surface area contributed by atoms with Gasteiger partial charge in [-0.05, 0) is 23.3 Å². The van der Waals surface area contributed by atoms with Crippen molar-refractivity contribution in [2.75, 3.05) is 65.8 Å². The third kappa shape index (κ3) is 12.3. The highest BCUT2D eigenvalue weighted by Gasteiger charge is 2.26. The largest absolute Gasteiger partial charge is 0.478 e. The summed E-state index contributed by atoms with van der Waals surface area (Å²) in [5.41, 5.74) is 2.59. The number of hydrogen-bond donors (Lipinski definition) is 3. The van der Waals surface area contributed by atoms with Gasteiger partial charge in [0.15, 0.2) is 0 Å². The number of halogens is 1. The van der Waals surface area contributed by atoms with E-state index in [1.807, 2.05) is 12.1 Å². The molecule has 2 aromatic carbocycles. The van der Waals surface area contributed by atoms with E-state index in [0.29, 0.717) is 38.6 Å². The van der Waals surface area contributed by atoms with Gasteiger partial charge in [0.25, 0.3) is 0 Å². The second kappa shape index (κ2) is 17.6. The molecule has 0 spiro atoms. The first-order valence-corrected chi connectivity index (χ1v) is 12.5. The van der Waals surface area contributed by atoms with Gasteiger partial charge in [0.1, 0.15) is 0 Å². The fourth-order valence-electron chi connectivity index (χ4n) is 3.86. The zero-order valence-electron chi connectivity index (χ0n) is 20.7. The number of carbonyl (C=O) groups is 2. The van der Waals surface area contributed by atoms with Crippen LogP contribution in [0.3, 0.4) is 0 Å². The van der Waals surface area contributed by atoms with Crippen LogP contribution in [0.5, 0.6) is 0 Å². The lowest BCUT2D eigenvalue weighted by atomic mass is 9.96. The van der Waals surface area contributed by atoms with Gasteiger partial charge < -0.3 is 24.8 Å². The maximum atomic E-state index is 9.55. The minimum Gasteiger partial charge on any atom is -0.478 e. The van der Waals surface area contributed by atoms with Crippen molar-refractivity contribution in [1.82, 2.24) is 9.80 Å². The van der Waals surface area contributed by atoms with Gasteiger partial charge in [-0.1, -0.05) is 54.1 Å². The Morgan fingerprint density at radius 2 is 1.35 bits per heavy atom. The van der Waals surface area contributed by atoms with Crippen LogP contribution in [0.4, 0.5) is 0 Å². The lowest BCUT2D eigenvalue weighted by Gasteiger charge is -2.39. The third-order valence-electron chi connectivity index (χ3n) is 5.60. The summed E-state index contributed by atoms with van der Waals surface area (Å²) in [7, 11) is 0. The number of aliphatic hydroxyl groups excluding tert-OH is 1. The van der Waals surface area contributed by atoms with Crippen molar-refractivity contribution in [3.63, 3.8) is 0 Å². The molecule has 1 unspecified atom stereocenters. The van der Waals surface area contributed by atoms with Gasteiger partial charge in [0.2, 0.25) is 0 Å². The van der Waals surface area contributed by atoms with E-state index in [2.05, 4.69) is 52.3 Å². The van der Waals surface area contributed by atoms with Crippen molar-refractivity contribution in [3.05, 3.63) is 82.9 Å². The molecule has 1 heterocycles. The molecule has 0 bridgehead atoms. The van der Waals surface area contributed by atoms with Gasteiger partial charge >= 0.3 is 11.9 Å². The van der Waals surface area contributed by atoms with Crippen LogP contribution < -0.4 is 0 Å². The number of piperazine rings is 1. The molecule has 1 aliphatic rings. The zero-order valence-corrected chi connectivity index (χ0v) is 21.5. The highest BCUT2D eigenvalue weighted by atomic mass is 35.5. The van der Waals surface area contributed by atoms with Crippen LogP contribution in [0, 0.1) is 0 Å². The number of carboxylic acid groups (broad SMARTS) is 2. The summed E-state index contributed by atoms with van der Waals surface area (Å²) in [6.45, 7) is 7.28. The molecule has 3 N–H and O–H groups in total. The number of rotatable bonds is 13. The lowest BCUT2D eigenvalue weighted by Crippen LogP contribution is -2.48. The predicted molar refractivity (Wildman–Crippen MR) is 141 cm³/mol. The molecule has 1 saturated heterocycles. The Balaban J connectivity index is 0.000000521. The van der Waals surface area contributed by atoms with E-state index < -0.39 is 11.9 Å². The van der Waals surface area contributed by atoms with Crippen molar-refractivity contribution >= 4 is 23.5 Å². The maximum absolute atomic E-state index is 9.55. The van der Waals surface area contributed by atoms with Gasteiger partial charge in [-0.25, -0.2) is 9.59 Å². The predicted octanol–water partition coefficient (Wildman–Crippen LogP) is 2.78. The number of carboxylic acids is 2. The average molecular weight is 535 g/mol. The Hall–Kier alpha value is -2.79. The SMILES string of the molecule is O=C(O)C=CC(=O)O.OCCOCCOCCN1CCN(C(c2ccccc2)c2ccc(Cl)cc2)CC1. The van der Waals surface area contributed by atoms with Gasteiger partial charge in [0, 0.05) is 49.9 Å². The number of nitrogens with zero attached hydrogens (tertiary/aromatic N) is 2. The van der Waals surface area contributed by atoms with Crippen molar-refractivity contribution < 1.29 is 34.4 Å². The first kappa shape index (κ1) is 30.4. The minimum atomic E-state index is -1.26. The van der Waals surface area contributed by atoms with Crippen molar-refractivity contribution in [2.24, 2.45) is 0 Å². The molecule has 0 aromatic heterocycles. The van der Waals surface area contributed by atoms with Crippen LogP contribution in [0.2, 0.25) is 5.02 Å². The quantitative estimate of drug-likeness (QED) is 0.263. The van der Waals surface area contributed by atoms with E-state index in [1.54, 1.807) is 0 Å². The van der Waals surface area contributed by atoms with Gasteiger partial charge in [-0.3, -0.25) is 9.80 Å². The van der Waals surface area contributed by atoms with Crippen LogP contribution in [0.25, 0.3) is 0 Å². The molecule has 9 nitrogen and oxygen atoms in total. The summed E-state index contributed by atoms with van der Waals surface area (Å²) in [6.07, 6.45) is 1.12. The normalized spacial score (nSPS) is 15.2. The Kier molecular flexibility index (Phi) is 14.5. The van der Waals surface area contributed by atoms with Crippen LogP contribution in [-0.4, -0.2) is 103 Å². The summed E-state index contributed by atoms with van der Waals surface area (Å²) >= 11 is 6.11. The lowest BCUT2D eigenvalue weighted by molar-refractivity contribution is -0.134. The molecule has 37 heavy (non-hydrogen) atoms. The van der Waals surface area contributed by atoms with Gasteiger partial charge in [-0.2, -0.15) is 0 Å². The Morgan fingerprint density at radius 3 is 1.89 bits per heavy atom. The first-order valence-electron chi connectivity index (χ1n) is 12.1. The highest BCUT2D eigenvalue weighted by Crippen LogP contribution is 2.30. The molecule has 0 saturated carbocycles. The Bertz CT molecular complexity index is 933. The molecule has 1 atom stereocenters. The number of aliphatic hydroxyl groups is 1. The van der Waals surface area contributed by atoms with E-state index in [9.17, 15) is 9.59 Å². The van der Waals surface area contributed by atoms with E-state index >= 15 is 0 Å². The van der Waals surface area contributed by atoms with E-state index in [0.717, 1.165) is 37.7 Å². The molecule has 0 amide bonds. The number of hydrogen-bond acceptors (Lipinski definition) is 7. The van der Waals surface area contributed by atoms with Gasteiger partial charge in [0.05, 0.1) is 39.1 Å².